The Morgan fingerprint density at radius 1 is 1.75 bits per heavy atom. The summed E-state index contributed by atoms with van der Waals surface area (Å²) in [5, 5.41) is 8.64. The van der Waals surface area contributed by atoms with Gasteiger partial charge in [0.25, 0.3) is 0 Å². The Morgan fingerprint density at radius 3 is 2.58 bits per heavy atom. The van der Waals surface area contributed by atoms with Gasteiger partial charge in [-0.05, 0) is 22.0 Å². The molecule has 5 heteroatoms. The Morgan fingerprint density at radius 2 is 2.33 bits per heavy atom. The van der Waals surface area contributed by atoms with Gasteiger partial charge in [0.05, 0.1) is 5.69 Å². The standard InChI is InChI=1S/C7H6BrNO3/c1-9-5(7(11)12)2-4(8)6(9)3-10/h2-3H,1H3,(H,11,12). The number of carboxylic acid groups (broad SMARTS) is 1. The largest absolute Gasteiger partial charge is 0.477 e. The minimum Gasteiger partial charge on any atom is -0.477 e. The number of nitrogens with zero attached hydrogens (tertiary/aromatic N) is 1. The Hall–Kier alpha value is -1.10. The third-order valence-corrected chi connectivity index (χ3v) is 2.20. The predicted molar refractivity (Wildman–Crippen MR) is 45.5 cm³/mol. The average Bonchev–Trinajstić information content (AvgIpc) is 2.27. The number of hydrogen-bond acceptors (Lipinski definition) is 2. The minimum absolute atomic E-state index is 0.0870. The zero-order valence-electron chi connectivity index (χ0n) is 6.24. The van der Waals surface area contributed by atoms with E-state index in [2.05, 4.69) is 15.9 Å². The minimum atomic E-state index is -1.05. The molecule has 1 N–H and O–H groups in total. The van der Waals surface area contributed by atoms with E-state index < -0.39 is 5.97 Å². The topological polar surface area (TPSA) is 59.3 Å². The van der Waals surface area contributed by atoms with Crippen molar-refractivity contribution in [3.05, 3.63) is 21.9 Å². The number of hydrogen-bond donors (Lipinski definition) is 1. The van der Waals surface area contributed by atoms with Crippen LogP contribution in [0.2, 0.25) is 0 Å². The van der Waals surface area contributed by atoms with E-state index in [1.807, 2.05) is 0 Å². The van der Waals surface area contributed by atoms with E-state index in [1.54, 1.807) is 0 Å². The monoisotopic (exact) mass is 231 g/mol. The molecule has 1 rings (SSSR count). The summed E-state index contributed by atoms with van der Waals surface area (Å²) in [4.78, 5) is 21.0. The molecular weight excluding hydrogens is 226 g/mol. The van der Waals surface area contributed by atoms with E-state index in [1.165, 1.54) is 17.7 Å². The van der Waals surface area contributed by atoms with Crippen molar-refractivity contribution in [3.63, 3.8) is 0 Å². The molecule has 1 aromatic rings. The lowest BCUT2D eigenvalue weighted by atomic mass is 10.4. The average molecular weight is 232 g/mol. The predicted octanol–water partition coefficient (Wildman–Crippen LogP) is 1.30. The van der Waals surface area contributed by atoms with Crippen molar-refractivity contribution < 1.29 is 14.7 Å². The number of carboxylic acids is 1. The first kappa shape index (κ1) is 8.99. The van der Waals surface area contributed by atoms with Crippen LogP contribution in [0.4, 0.5) is 0 Å². The first-order chi connectivity index (χ1) is 5.57. The van der Waals surface area contributed by atoms with Gasteiger partial charge in [-0.3, -0.25) is 4.79 Å². The zero-order valence-corrected chi connectivity index (χ0v) is 7.83. The summed E-state index contributed by atoms with van der Waals surface area (Å²) < 4.78 is 1.82. The van der Waals surface area contributed by atoms with Gasteiger partial charge < -0.3 is 9.67 Å². The summed E-state index contributed by atoms with van der Waals surface area (Å²) in [5.41, 5.74) is 0.413. The number of carbonyl (C=O) groups excluding carboxylic acids is 1. The first-order valence-electron chi connectivity index (χ1n) is 3.11. The molecule has 0 amide bonds. The molecule has 4 nitrogen and oxygen atoms in total. The van der Waals surface area contributed by atoms with Gasteiger partial charge >= 0.3 is 5.97 Å². The van der Waals surface area contributed by atoms with Crippen molar-refractivity contribution >= 4 is 28.2 Å². The molecule has 1 heterocycles. The highest BCUT2D eigenvalue weighted by Gasteiger charge is 2.14. The van der Waals surface area contributed by atoms with Gasteiger partial charge in [0.15, 0.2) is 6.29 Å². The number of aromatic carboxylic acids is 1. The van der Waals surface area contributed by atoms with Crippen molar-refractivity contribution in [2.24, 2.45) is 7.05 Å². The van der Waals surface area contributed by atoms with Crippen LogP contribution in [0.3, 0.4) is 0 Å². The fourth-order valence-corrected chi connectivity index (χ4v) is 1.50. The molecule has 0 aliphatic carbocycles. The molecule has 64 valence electrons. The van der Waals surface area contributed by atoms with Crippen LogP contribution >= 0.6 is 15.9 Å². The number of aromatic nitrogens is 1. The van der Waals surface area contributed by atoms with E-state index in [0.29, 0.717) is 16.5 Å². The smallest absolute Gasteiger partial charge is 0.352 e. The van der Waals surface area contributed by atoms with E-state index in [0.717, 1.165) is 0 Å². The molecule has 12 heavy (non-hydrogen) atoms. The normalized spacial score (nSPS) is 9.83. The van der Waals surface area contributed by atoms with Gasteiger partial charge in [-0.25, -0.2) is 4.79 Å². The summed E-state index contributed by atoms with van der Waals surface area (Å²) >= 11 is 3.08. The van der Waals surface area contributed by atoms with Gasteiger partial charge in [-0.1, -0.05) is 0 Å². The molecule has 0 aromatic carbocycles. The van der Waals surface area contributed by atoms with Crippen molar-refractivity contribution in [2.75, 3.05) is 0 Å². The maximum absolute atomic E-state index is 10.5. The Balaban J connectivity index is 3.35. The van der Waals surface area contributed by atoms with Crippen LogP contribution in [0, 0.1) is 0 Å². The van der Waals surface area contributed by atoms with Crippen LogP contribution in [0.15, 0.2) is 10.5 Å². The highest BCUT2D eigenvalue weighted by Crippen LogP contribution is 2.19. The van der Waals surface area contributed by atoms with E-state index in [4.69, 9.17) is 5.11 Å². The second kappa shape index (κ2) is 3.10. The molecule has 0 unspecified atom stereocenters. The maximum atomic E-state index is 10.5. The molecule has 0 saturated carbocycles. The third-order valence-electron chi connectivity index (χ3n) is 1.56. The molecule has 1 aromatic heterocycles. The van der Waals surface area contributed by atoms with Crippen LogP contribution in [-0.2, 0) is 7.05 Å². The van der Waals surface area contributed by atoms with Gasteiger partial charge in [0.2, 0.25) is 0 Å². The molecule has 0 fully saturated rings. The fraction of sp³-hybridized carbons (Fsp3) is 0.143. The summed E-state index contributed by atoms with van der Waals surface area (Å²) in [7, 11) is 1.53. The number of rotatable bonds is 2. The fourth-order valence-electron chi connectivity index (χ4n) is 0.921. The zero-order chi connectivity index (χ0) is 9.30. The number of halogens is 1. The van der Waals surface area contributed by atoms with Crippen LogP contribution in [-0.4, -0.2) is 21.9 Å². The quantitative estimate of drug-likeness (QED) is 0.781. The van der Waals surface area contributed by atoms with Crippen molar-refractivity contribution in [3.8, 4) is 0 Å². The summed E-state index contributed by atoms with van der Waals surface area (Å²) in [6.07, 6.45) is 0.608. The van der Waals surface area contributed by atoms with Crippen molar-refractivity contribution in [1.29, 1.82) is 0 Å². The van der Waals surface area contributed by atoms with Gasteiger partial charge in [-0.15, -0.1) is 0 Å². The van der Waals surface area contributed by atoms with Crippen LogP contribution < -0.4 is 0 Å². The molecule has 0 saturated heterocycles. The Bertz CT molecular complexity index is 343. The van der Waals surface area contributed by atoms with Gasteiger partial charge in [-0.2, -0.15) is 0 Å². The molecule has 0 radical (unpaired) electrons. The van der Waals surface area contributed by atoms with E-state index in [-0.39, 0.29) is 5.69 Å². The highest BCUT2D eigenvalue weighted by atomic mass is 79.9. The van der Waals surface area contributed by atoms with Crippen LogP contribution in [0.25, 0.3) is 0 Å². The molecule has 0 aliphatic rings. The van der Waals surface area contributed by atoms with Crippen molar-refractivity contribution in [2.45, 2.75) is 0 Å². The van der Waals surface area contributed by atoms with Crippen molar-refractivity contribution in [1.82, 2.24) is 4.57 Å². The summed E-state index contributed by atoms with van der Waals surface area (Å²) in [6.45, 7) is 0. The number of carbonyl (C=O) groups is 2. The lowest BCUT2D eigenvalue weighted by Gasteiger charge is -1.97. The number of aldehydes is 1. The maximum Gasteiger partial charge on any atom is 0.352 e. The Labute approximate surface area is 76.9 Å². The molecule has 0 aliphatic heterocycles. The second-order valence-electron chi connectivity index (χ2n) is 2.24. The van der Waals surface area contributed by atoms with Crippen LogP contribution in [0.5, 0.6) is 0 Å². The lowest BCUT2D eigenvalue weighted by molar-refractivity contribution is 0.0686. The summed E-state index contributed by atoms with van der Waals surface area (Å²) in [6, 6.07) is 1.39. The van der Waals surface area contributed by atoms with E-state index >= 15 is 0 Å². The SMILES string of the molecule is Cn1c(C(=O)O)cc(Br)c1C=O. The van der Waals surface area contributed by atoms with Gasteiger partial charge in [0.1, 0.15) is 5.69 Å². The molecule has 0 bridgehead atoms. The third kappa shape index (κ3) is 1.27. The molecule has 0 spiro atoms. The van der Waals surface area contributed by atoms with Gasteiger partial charge in [0, 0.05) is 11.5 Å². The molecular formula is C7H6BrNO3. The first-order valence-corrected chi connectivity index (χ1v) is 3.91. The summed E-state index contributed by atoms with van der Waals surface area (Å²) in [5.74, 6) is -1.05. The van der Waals surface area contributed by atoms with E-state index in [9.17, 15) is 9.59 Å². The highest BCUT2D eigenvalue weighted by molar-refractivity contribution is 9.10. The van der Waals surface area contributed by atoms with Crippen LogP contribution in [0.1, 0.15) is 21.0 Å². The lowest BCUT2D eigenvalue weighted by Crippen LogP contribution is -2.06. The second-order valence-corrected chi connectivity index (χ2v) is 3.10. The Kier molecular flexibility index (Phi) is 2.32. The molecule has 0 atom stereocenters.